The number of anilines is 1. The Balaban J connectivity index is 1.73. The van der Waals surface area contributed by atoms with Crippen molar-refractivity contribution >= 4 is 17.9 Å². The maximum Gasteiger partial charge on any atom is 0.415 e. The lowest BCUT2D eigenvalue weighted by atomic mass is 9.96. The minimum Gasteiger partial charge on any atom is -0.481 e. The number of carboxylic acids is 1. The number of aromatic nitrogens is 2. The number of hydrogen-bond acceptors (Lipinski definition) is 4. The van der Waals surface area contributed by atoms with Crippen LogP contribution in [-0.2, 0) is 22.6 Å². The van der Waals surface area contributed by atoms with Crippen molar-refractivity contribution in [3.8, 4) is 0 Å². The first-order chi connectivity index (χ1) is 10.6. The Labute approximate surface area is 126 Å². The highest BCUT2D eigenvalue weighted by molar-refractivity contribution is 5.89. The zero-order valence-electron chi connectivity index (χ0n) is 11.7. The molecule has 1 atom stereocenters. The molecule has 1 aliphatic rings. The van der Waals surface area contributed by atoms with Gasteiger partial charge < -0.3 is 9.84 Å². The molecule has 114 valence electrons. The molecule has 1 aliphatic heterocycles. The first-order valence-electron chi connectivity index (χ1n) is 6.88. The lowest BCUT2D eigenvalue weighted by Gasteiger charge is -2.29. The van der Waals surface area contributed by atoms with Crippen LogP contribution < -0.4 is 4.90 Å². The summed E-state index contributed by atoms with van der Waals surface area (Å²) < 4.78 is 5.27. The van der Waals surface area contributed by atoms with E-state index in [9.17, 15) is 14.7 Å². The minimum absolute atomic E-state index is 0.0676. The van der Waals surface area contributed by atoms with Gasteiger partial charge in [0.05, 0.1) is 12.1 Å². The number of nitrogens with zero attached hydrogens (tertiary/aromatic N) is 2. The van der Waals surface area contributed by atoms with Gasteiger partial charge in [-0.15, -0.1) is 0 Å². The van der Waals surface area contributed by atoms with Gasteiger partial charge in [-0.25, -0.2) is 4.79 Å². The Morgan fingerprint density at radius 2 is 2.14 bits per heavy atom. The second-order valence-electron chi connectivity index (χ2n) is 5.13. The molecule has 0 bridgehead atoms. The summed E-state index contributed by atoms with van der Waals surface area (Å²) in [6, 6.07) is 9.30. The molecule has 1 aromatic carbocycles. The highest BCUT2D eigenvalue weighted by atomic mass is 16.6. The molecular formula is C15H15N3O4. The van der Waals surface area contributed by atoms with E-state index in [1.165, 1.54) is 4.90 Å². The van der Waals surface area contributed by atoms with Crippen molar-refractivity contribution in [3.63, 3.8) is 0 Å². The fraction of sp³-hybridized carbons (Fsp3) is 0.267. The highest BCUT2D eigenvalue weighted by Crippen LogP contribution is 2.28. The normalized spacial score (nSPS) is 16.9. The van der Waals surface area contributed by atoms with Crippen molar-refractivity contribution in [1.29, 1.82) is 0 Å². The van der Waals surface area contributed by atoms with Crippen LogP contribution in [0.25, 0.3) is 0 Å². The molecule has 1 aromatic heterocycles. The zero-order chi connectivity index (χ0) is 15.5. The largest absolute Gasteiger partial charge is 0.481 e. The van der Waals surface area contributed by atoms with Gasteiger partial charge in [-0.2, -0.15) is 5.10 Å². The number of nitrogens with one attached hydrogen (secondary N) is 1. The summed E-state index contributed by atoms with van der Waals surface area (Å²) in [7, 11) is 0. The number of H-pyrrole nitrogens is 1. The molecule has 2 N–H and O–H groups in total. The third-order valence-corrected chi connectivity index (χ3v) is 3.61. The predicted octanol–water partition coefficient (Wildman–Crippen LogP) is 1.81. The van der Waals surface area contributed by atoms with Crippen molar-refractivity contribution in [3.05, 3.63) is 47.7 Å². The SMILES string of the molecule is O=C(O)C1Cc2cn[nH]c2N(C(=O)OCc2ccccc2)C1. The van der Waals surface area contributed by atoms with E-state index in [4.69, 9.17) is 4.74 Å². The number of amides is 1. The number of carbonyl (C=O) groups excluding carboxylic acids is 1. The van der Waals surface area contributed by atoms with E-state index in [0.717, 1.165) is 5.56 Å². The molecule has 1 unspecified atom stereocenters. The van der Waals surface area contributed by atoms with Gasteiger partial charge in [-0.3, -0.25) is 14.8 Å². The van der Waals surface area contributed by atoms with Gasteiger partial charge in [0.15, 0.2) is 0 Å². The quantitative estimate of drug-likeness (QED) is 0.901. The molecule has 0 radical (unpaired) electrons. The fourth-order valence-electron chi connectivity index (χ4n) is 2.46. The number of carboxylic acid groups (broad SMARTS) is 1. The van der Waals surface area contributed by atoms with Gasteiger partial charge in [0.25, 0.3) is 0 Å². The van der Waals surface area contributed by atoms with Crippen LogP contribution in [0.3, 0.4) is 0 Å². The number of carbonyl (C=O) groups is 2. The monoisotopic (exact) mass is 301 g/mol. The lowest BCUT2D eigenvalue weighted by Crippen LogP contribution is -2.42. The van der Waals surface area contributed by atoms with Crippen LogP contribution >= 0.6 is 0 Å². The van der Waals surface area contributed by atoms with Gasteiger partial charge in [-0.1, -0.05) is 30.3 Å². The summed E-state index contributed by atoms with van der Waals surface area (Å²) in [4.78, 5) is 24.8. The number of aliphatic carboxylic acids is 1. The van der Waals surface area contributed by atoms with Crippen molar-refractivity contribution in [2.75, 3.05) is 11.4 Å². The Morgan fingerprint density at radius 3 is 2.86 bits per heavy atom. The van der Waals surface area contributed by atoms with Gasteiger partial charge >= 0.3 is 12.1 Å². The maximum atomic E-state index is 12.3. The molecule has 0 aliphatic carbocycles. The number of aromatic amines is 1. The van der Waals surface area contributed by atoms with E-state index < -0.39 is 18.0 Å². The molecule has 2 aromatic rings. The van der Waals surface area contributed by atoms with Crippen molar-refractivity contribution in [2.24, 2.45) is 5.92 Å². The first-order valence-corrected chi connectivity index (χ1v) is 6.88. The standard InChI is InChI=1S/C15H15N3O4/c19-14(20)12-6-11-7-16-17-13(11)18(8-12)15(21)22-9-10-4-2-1-3-5-10/h1-5,7,12H,6,8-9H2,(H,16,17)(H,19,20). The van der Waals surface area contributed by atoms with Crippen LogP contribution in [0.5, 0.6) is 0 Å². The Morgan fingerprint density at radius 1 is 1.36 bits per heavy atom. The molecule has 2 heterocycles. The Bertz CT molecular complexity index is 683. The summed E-state index contributed by atoms with van der Waals surface area (Å²) in [5.41, 5.74) is 1.57. The Kier molecular flexibility index (Phi) is 3.78. The summed E-state index contributed by atoms with van der Waals surface area (Å²) >= 11 is 0. The maximum absolute atomic E-state index is 12.3. The van der Waals surface area contributed by atoms with Gasteiger partial charge in [0.1, 0.15) is 12.4 Å². The van der Waals surface area contributed by atoms with Crippen LogP contribution in [0.2, 0.25) is 0 Å². The van der Waals surface area contributed by atoms with E-state index in [0.29, 0.717) is 17.8 Å². The van der Waals surface area contributed by atoms with Crippen LogP contribution in [0.4, 0.5) is 10.6 Å². The van der Waals surface area contributed by atoms with Crippen LogP contribution in [-0.4, -0.2) is 33.9 Å². The molecule has 0 fully saturated rings. The first kappa shape index (κ1) is 14.1. The number of hydrogen-bond donors (Lipinski definition) is 2. The second kappa shape index (κ2) is 5.88. The smallest absolute Gasteiger partial charge is 0.415 e. The van der Waals surface area contributed by atoms with Crippen molar-refractivity contribution in [2.45, 2.75) is 13.0 Å². The summed E-state index contributed by atoms with van der Waals surface area (Å²) in [6.07, 6.45) is 1.31. The van der Waals surface area contributed by atoms with E-state index in [1.807, 2.05) is 30.3 Å². The molecule has 0 spiro atoms. The van der Waals surface area contributed by atoms with Crippen LogP contribution in [0, 0.1) is 5.92 Å². The van der Waals surface area contributed by atoms with Crippen LogP contribution in [0.15, 0.2) is 36.5 Å². The highest BCUT2D eigenvalue weighted by Gasteiger charge is 2.34. The Hall–Kier alpha value is -2.83. The number of fused-ring (bicyclic) bond motifs is 1. The number of ether oxygens (including phenoxy) is 1. The minimum atomic E-state index is -0.937. The average Bonchev–Trinajstić information content (AvgIpc) is 3.01. The van der Waals surface area contributed by atoms with Crippen LogP contribution in [0.1, 0.15) is 11.1 Å². The van der Waals surface area contributed by atoms with Gasteiger partial charge in [0, 0.05) is 12.1 Å². The van der Waals surface area contributed by atoms with Crippen molar-refractivity contribution in [1.82, 2.24) is 10.2 Å². The summed E-state index contributed by atoms with van der Waals surface area (Å²) in [5, 5.41) is 15.8. The van der Waals surface area contributed by atoms with E-state index in [-0.39, 0.29) is 13.2 Å². The summed E-state index contributed by atoms with van der Waals surface area (Å²) in [5.74, 6) is -1.09. The third kappa shape index (κ3) is 2.78. The molecule has 22 heavy (non-hydrogen) atoms. The molecule has 7 heteroatoms. The zero-order valence-corrected chi connectivity index (χ0v) is 11.7. The molecule has 1 amide bonds. The molecule has 0 saturated carbocycles. The fourth-order valence-corrected chi connectivity index (χ4v) is 2.46. The molecule has 3 rings (SSSR count). The van der Waals surface area contributed by atoms with Crippen molar-refractivity contribution < 1.29 is 19.4 Å². The number of benzene rings is 1. The van der Waals surface area contributed by atoms with E-state index in [2.05, 4.69) is 10.2 Å². The summed E-state index contributed by atoms with van der Waals surface area (Å²) in [6.45, 7) is 0.204. The second-order valence-corrected chi connectivity index (χ2v) is 5.13. The molecule has 0 saturated heterocycles. The van der Waals surface area contributed by atoms with Gasteiger partial charge in [0.2, 0.25) is 0 Å². The molecular weight excluding hydrogens is 286 g/mol. The average molecular weight is 301 g/mol. The lowest BCUT2D eigenvalue weighted by molar-refractivity contribution is -0.141. The molecule has 7 nitrogen and oxygen atoms in total. The predicted molar refractivity (Wildman–Crippen MR) is 77.4 cm³/mol. The van der Waals surface area contributed by atoms with Gasteiger partial charge in [-0.05, 0) is 12.0 Å². The third-order valence-electron chi connectivity index (χ3n) is 3.61. The van der Waals surface area contributed by atoms with E-state index in [1.54, 1.807) is 6.20 Å². The van der Waals surface area contributed by atoms with E-state index >= 15 is 0 Å². The number of rotatable bonds is 3. The topological polar surface area (TPSA) is 95.5 Å².